The smallest absolute Gasteiger partial charge is 0.323 e. The van der Waals surface area contributed by atoms with Gasteiger partial charge in [0.15, 0.2) is 0 Å². The van der Waals surface area contributed by atoms with Gasteiger partial charge in [0.05, 0.1) is 0 Å². The Labute approximate surface area is 107 Å². The highest BCUT2D eigenvalue weighted by Crippen LogP contribution is 2.38. The zero-order valence-corrected chi connectivity index (χ0v) is 11.0. The number of aromatic nitrogens is 2. The maximum atomic E-state index is 11.5. The number of rotatable bonds is 5. The molecule has 1 saturated carbocycles. The normalized spacial score (nSPS) is 27.6. The second-order valence-electron chi connectivity index (χ2n) is 5.09. The van der Waals surface area contributed by atoms with Gasteiger partial charge in [-0.25, -0.2) is 4.98 Å². The molecule has 1 aliphatic carbocycles. The summed E-state index contributed by atoms with van der Waals surface area (Å²) in [5, 5.41) is 12.7. The van der Waals surface area contributed by atoms with Gasteiger partial charge < -0.3 is 15.0 Å². The molecule has 2 atom stereocenters. The Bertz CT molecular complexity index is 430. The quantitative estimate of drug-likeness (QED) is 0.836. The fourth-order valence-electron chi connectivity index (χ4n) is 2.82. The third kappa shape index (κ3) is 2.27. The number of nitrogens with one attached hydrogen (secondary N) is 1. The van der Waals surface area contributed by atoms with Crippen LogP contribution in [0.1, 0.15) is 44.5 Å². The molecule has 0 aromatic carbocycles. The molecule has 0 bridgehead atoms. The maximum absolute atomic E-state index is 11.5. The molecule has 1 aromatic rings. The lowest BCUT2D eigenvalue weighted by atomic mass is 9.97. The largest absolute Gasteiger partial charge is 0.480 e. The minimum atomic E-state index is -0.753. The first-order valence-electron chi connectivity index (χ1n) is 6.57. The molecule has 1 heterocycles. The zero-order chi connectivity index (χ0) is 13.2. The highest BCUT2D eigenvalue weighted by molar-refractivity contribution is 5.79. The van der Waals surface area contributed by atoms with Gasteiger partial charge in [0.1, 0.15) is 11.4 Å². The molecular weight excluding hydrogens is 230 g/mol. The van der Waals surface area contributed by atoms with Crippen LogP contribution in [0.2, 0.25) is 0 Å². The van der Waals surface area contributed by atoms with E-state index in [-0.39, 0.29) is 6.04 Å². The second kappa shape index (κ2) is 5.10. The molecule has 0 aliphatic heterocycles. The molecular formula is C13H21N3O2. The van der Waals surface area contributed by atoms with E-state index in [0.717, 1.165) is 25.2 Å². The van der Waals surface area contributed by atoms with E-state index in [2.05, 4.69) is 21.8 Å². The molecule has 2 rings (SSSR count). The van der Waals surface area contributed by atoms with E-state index in [1.807, 2.05) is 13.1 Å². The fourth-order valence-corrected chi connectivity index (χ4v) is 2.82. The third-order valence-electron chi connectivity index (χ3n) is 3.87. The van der Waals surface area contributed by atoms with Gasteiger partial charge in [-0.3, -0.25) is 4.79 Å². The topological polar surface area (TPSA) is 67.2 Å². The van der Waals surface area contributed by atoms with E-state index in [1.165, 1.54) is 0 Å². The van der Waals surface area contributed by atoms with Gasteiger partial charge >= 0.3 is 5.97 Å². The van der Waals surface area contributed by atoms with Gasteiger partial charge in [-0.2, -0.15) is 0 Å². The lowest BCUT2D eigenvalue weighted by Gasteiger charge is -2.26. The molecule has 2 unspecified atom stereocenters. The molecule has 5 nitrogen and oxygen atoms in total. The predicted octanol–water partition coefficient (Wildman–Crippen LogP) is 1.74. The van der Waals surface area contributed by atoms with Crippen LogP contribution in [0.3, 0.4) is 0 Å². The van der Waals surface area contributed by atoms with Gasteiger partial charge in [-0.05, 0) is 39.2 Å². The van der Waals surface area contributed by atoms with E-state index in [1.54, 1.807) is 6.20 Å². The van der Waals surface area contributed by atoms with Gasteiger partial charge in [0.25, 0.3) is 0 Å². The summed E-state index contributed by atoms with van der Waals surface area (Å²) in [6.45, 7) is 4.76. The van der Waals surface area contributed by atoms with Crippen LogP contribution in [-0.2, 0) is 4.79 Å². The molecule has 1 aliphatic rings. The van der Waals surface area contributed by atoms with Crippen LogP contribution >= 0.6 is 0 Å². The van der Waals surface area contributed by atoms with Crippen molar-refractivity contribution in [3.63, 3.8) is 0 Å². The third-order valence-corrected chi connectivity index (χ3v) is 3.87. The van der Waals surface area contributed by atoms with Crippen molar-refractivity contribution in [2.45, 2.75) is 51.1 Å². The predicted molar refractivity (Wildman–Crippen MR) is 68.5 cm³/mol. The fraction of sp³-hybridized carbons (Fsp3) is 0.692. The molecule has 18 heavy (non-hydrogen) atoms. The number of hydrogen-bond donors (Lipinski definition) is 2. The van der Waals surface area contributed by atoms with Crippen molar-refractivity contribution in [3.05, 3.63) is 18.2 Å². The molecule has 0 radical (unpaired) electrons. The zero-order valence-electron chi connectivity index (χ0n) is 11.0. The number of aliphatic carboxylic acids is 1. The molecule has 1 aromatic heterocycles. The van der Waals surface area contributed by atoms with Crippen molar-refractivity contribution < 1.29 is 9.90 Å². The Morgan fingerprint density at radius 3 is 3.06 bits per heavy atom. The van der Waals surface area contributed by atoms with Crippen LogP contribution in [0.15, 0.2) is 12.4 Å². The number of carbonyl (C=O) groups is 1. The molecule has 0 saturated heterocycles. The van der Waals surface area contributed by atoms with Gasteiger partial charge in [0, 0.05) is 18.4 Å². The van der Waals surface area contributed by atoms with Crippen LogP contribution in [0.25, 0.3) is 0 Å². The number of carboxylic acid groups (broad SMARTS) is 1. The summed E-state index contributed by atoms with van der Waals surface area (Å²) in [7, 11) is 0. The minimum Gasteiger partial charge on any atom is -0.480 e. The Morgan fingerprint density at radius 2 is 2.50 bits per heavy atom. The van der Waals surface area contributed by atoms with Crippen LogP contribution < -0.4 is 5.32 Å². The number of aryl methyl sites for hydroxylation is 1. The van der Waals surface area contributed by atoms with Crippen molar-refractivity contribution in [2.24, 2.45) is 0 Å². The van der Waals surface area contributed by atoms with Crippen LogP contribution in [0.4, 0.5) is 0 Å². The summed E-state index contributed by atoms with van der Waals surface area (Å²) in [6, 6.07) is 0.243. The summed E-state index contributed by atoms with van der Waals surface area (Å²) in [5.41, 5.74) is -0.753. The highest BCUT2D eigenvalue weighted by Gasteiger charge is 2.45. The van der Waals surface area contributed by atoms with Gasteiger partial charge in [0.2, 0.25) is 0 Å². The monoisotopic (exact) mass is 251 g/mol. The SMILES string of the molecule is CCCNC1(C(=O)O)CCC(n2ccnc2C)C1. The Hall–Kier alpha value is -1.36. The van der Waals surface area contributed by atoms with E-state index < -0.39 is 11.5 Å². The first kappa shape index (κ1) is 13.1. The second-order valence-corrected chi connectivity index (χ2v) is 5.09. The summed E-state index contributed by atoms with van der Waals surface area (Å²) in [6.07, 6.45) is 6.88. The molecule has 0 spiro atoms. The lowest BCUT2D eigenvalue weighted by molar-refractivity contribution is -0.144. The number of carboxylic acids is 1. The van der Waals surface area contributed by atoms with E-state index in [4.69, 9.17) is 0 Å². The van der Waals surface area contributed by atoms with E-state index in [0.29, 0.717) is 12.8 Å². The molecule has 0 amide bonds. The highest BCUT2D eigenvalue weighted by atomic mass is 16.4. The van der Waals surface area contributed by atoms with Crippen molar-refractivity contribution in [1.29, 1.82) is 0 Å². The van der Waals surface area contributed by atoms with Crippen molar-refractivity contribution in [1.82, 2.24) is 14.9 Å². The van der Waals surface area contributed by atoms with Crippen molar-refractivity contribution in [2.75, 3.05) is 6.54 Å². The van der Waals surface area contributed by atoms with Gasteiger partial charge in [-0.1, -0.05) is 6.92 Å². The Balaban J connectivity index is 2.13. The summed E-state index contributed by atoms with van der Waals surface area (Å²) in [4.78, 5) is 15.8. The number of imidazole rings is 1. The summed E-state index contributed by atoms with van der Waals surface area (Å²) < 4.78 is 2.10. The van der Waals surface area contributed by atoms with Crippen LogP contribution in [-0.4, -0.2) is 32.7 Å². The van der Waals surface area contributed by atoms with Crippen LogP contribution in [0.5, 0.6) is 0 Å². The Kier molecular flexibility index (Phi) is 3.71. The number of hydrogen-bond acceptors (Lipinski definition) is 3. The molecule has 5 heteroatoms. The maximum Gasteiger partial charge on any atom is 0.323 e. The van der Waals surface area contributed by atoms with Crippen LogP contribution in [0, 0.1) is 6.92 Å². The molecule has 1 fully saturated rings. The minimum absolute atomic E-state index is 0.243. The van der Waals surface area contributed by atoms with Crippen molar-refractivity contribution >= 4 is 5.97 Å². The summed E-state index contributed by atoms with van der Waals surface area (Å²) >= 11 is 0. The molecule has 2 N–H and O–H groups in total. The molecule has 100 valence electrons. The van der Waals surface area contributed by atoms with E-state index >= 15 is 0 Å². The first-order valence-corrected chi connectivity index (χ1v) is 6.57. The van der Waals surface area contributed by atoms with Gasteiger partial charge in [-0.15, -0.1) is 0 Å². The lowest BCUT2D eigenvalue weighted by Crippen LogP contribution is -2.50. The van der Waals surface area contributed by atoms with Crippen molar-refractivity contribution in [3.8, 4) is 0 Å². The number of nitrogens with zero attached hydrogens (tertiary/aromatic N) is 2. The van der Waals surface area contributed by atoms with E-state index in [9.17, 15) is 9.90 Å². The average molecular weight is 251 g/mol. The Morgan fingerprint density at radius 1 is 1.72 bits per heavy atom. The standard InChI is InChI=1S/C13H21N3O2/c1-3-6-15-13(12(17)18)5-4-11(9-13)16-8-7-14-10(16)2/h7-8,11,15H,3-6,9H2,1-2H3,(H,17,18). The summed E-state index contributed by atoms with van der Waals surface area (Å²) in [5.74, 6) is 0.230. The average Bonchev–Trinajstić information content (AvgIpc) is 2.93. The first-order chi connectivity index (χ1) is 8.59.